The molecule has 0 radical (unpaired) electrons. The van der Waals surface area contributed by atoms with Gasteiger partial charge in [0.1, 0.15) is 11.5 Å². The third kappa shape index (κ3) is 5.25. The zero-order valence-corrected chi connectivity index (χ0v) is 19.0. The van der Waals surface area contributed by atoms with Crippen LogP contribution in [0.4, 0.5) is 4.79 Å². The van der Waals surface area contributed by atoms with E-state index in [1.807, 2.05) is 24.3 Å². The molecule has 0 atom stereocenters. The van der Waals surface area contributed by atoms with Crippen molar-refractivity contribution in [3.05, 3.63) is 65.3 Å². The van der Waals surface area contributed by atoms with E-state index in [0.29, 0.717) is 24.0 Å². The molecule has 32 heavy (non-hydrogen) atoms. The first-order valence-corrected chi connectivity index (χ1v) is 11.5. The first-order chi connectivity index (χ1) is 15.5. The van der Waals surface area contributed by atoms with E-state index in [1.165, 1.54) is 4.90 Å². The van der Waals surface area contributed by atoms with Gasteiger partial charge in [-0.25, -0.2) is 4.79 Å². The van der Waals surface area contributed by atoms with Gasteiger partial charge in [-0.2, -0.15) is 5.10 Å². The van der Waals surface area contributed by atoms with Gasteiger partial charge in [-0.15, -0.1) is 0 Å². The number of rotatable bonds is 7. The smallest absolute Gasteiger partial charge is 0.407 e. The van der Waals surface area contributed by atoms with Gasteiger partial charge in [0.25, 0.3) is 0 Å². The standard InChI is InChI=1S/C25H28ClN3O3/c1-2-3-14-29-24(17-23(27-29)18-12-15-28(16-13-18)25(30)31)19-4-8-21(9-5-19)32-22-10-6-20(26)7-11-22/h4-11,17-18H,2-3,12-16H2,1H3,(H,30,31). The second-order valence-electron chi connectivity index (χ2n) is 8.16. The average molecular weight is 454 g/mol. The van der Waals surface area contributed by atoms with E-state index in [1.54, 1.807) is 12.1 Å². The van der Waals surface area contributed by atoms with Crippen molar-refractivity contribution in [3.8, 4) is 22.8 Å². The van der Waals surface area contributed by atoms with Crippen LogP contribution < -0.4 is 4.74 Å². The molecule has 2 aromatic carbocycles. The minimum absolute atomic E-state index is 0.291. The summed E-state index contributed by atoms with van der Waals surface area (Å²) in [5.74, 6) is 1.79. The van der Waals surface area contributed by atoms with Crippen molar-refractivity contribution in [2.75, 3.05) is 13.1 Å². The van der Waals surface area contributed by atoms with Crippen molar-refractivity contribution >= 4 is 17.7 Å². The number of carbonyl (C=O) groups is 1. The highest BCUT2D eigenvalue weighted by Crippen LogP contribution is 2.32. The second kappa shape index (κ2) is 10.1. The number of amides is 1. The topological polar surface area (TPSA) is 67.6 Å². The van der Waals surface area contributed by atoms with E-state index < -0.39 is 6.09 Å². The lowest BCUT2D eigenvalue weighted by molar-refractivity contribution is 0.131. The van der Waals surface area contributed by atoms with E-state index >= 15 is 0 Å². The fourth-order valence-corrected chi connectivity index (χ4v) is 4.17. The van der Waals surface area contributed by atoms with Gasteiger partial charge >= 0.3 is 6.09 Å². The Morgan fingerprint density at radius 2 is 1.72 bits per heavy atom. The quantitative estimate of drug-likeness (QED) is 0.434. The highest BCUT2D eigenvalue weighted by Gasteiger charge is 2.26. The molecule has 1 amide bonds. The number of aryl methyl sites for hydroxylation is 1. The summed E-state index contributed by atoms with van der Waals surface area (Å²) in [7, 11) is 0. The number of likely N-dealkylation sites (tertiary alicyclic amines) is 1. The van der Waals surface area contributed by atoms with Crippen LogP contribution in [0.15, 0.2) is 54.6 Å². The third-order valence-electron chi connectivity index (χ3n) is 5.91. The summed E-state index contributed by atoms with van der Waals surface area (Å²) in [6, 6.07) is 17.5. The van der Waals surface area contributed by atoms with Crippen LogP contribution in [0.1, 0.15) is 44.2 Å². The predicted molar refractivity (Wildman–Crippen MR) is 126 cm³/mol. The van der Waals surface area contributed by atoms with E-state index in [2.05, 4.69) is 29.8 Å². The van der Waals surface area contributed by atoms with Crippen LogP contribution in [0, 0.1) is 0 Å². The van der Waals surface area contributed by atoms with Crippen LogP contribution in [-0.4, -0.2) is 39.0 Å². The zero-order valence-electron chi connectivity index (χ0n) is 18.2. The summed E-state index contributed by atoms with van der Waals surface area (Å²) in [5, 5.41) is 14.8. The molecule has 0 spiro atoms. The molecule has 7 heteroatoms. The third-order valence-corrected chi connectivity index (χ3v) is 6.16. The number of piperidine rings is 1. The summed E-state index contributed by atoms with van der Waals surface area (Å²) in [4.78, 5) is 12.7. The molecule has 1 aliphatic rings. The number of carboxylic acid groups (broad SMARTS) is 1. The van der Waals surface area contributed by atoms with Crippen molar-refractivity contribution in [2.24, 2.45) is 0 Å². The fourth-order valence-electron chi connectivity index (χ4n) is 4.05. The largest absolute Gasteiger partial charge is 0.465 e. The Hall–Kier alpha value is -2.99. The minimum atomic E-state index is -0.835. The zero-order chi connectivity index (χ0) is 22.5. The number of nitrogens with zero attached hydrogens (tertiary/aromatic N) is 3. The molecule has 1 fully saturated rings. The molecule has 0 unspecified atom stereocenters. The van der Waals surface area contributed by atoms with Gasteiger partial charge in [0, 0.05) is 36.1 Å². The molecule has 6 nitrogen and oxygen atoms in total. The van der Waals surface area contributed by atoms with Crippen molar-refractivity contribution in [2.45, 2.75) is 45.1 Å². The number of unbranched alkanes of at least 4 members (excludes halogenated alkanes) is 1. The van der Waals surface area contributed by atoms with Crippen molar-refractivity contribution < 1.29 is 14.6 Å². The molecule has 1 aromatic heterocycles. The number of halogens is 1. The Labute approximate surface area is 193 Å². The van der Waals surface area contributed by atoms with Crippen molar-refractivity contribution in [1.29, 1.82) is 0 Å². The molecule has 1 saturated heterocycles. The van der Waals surface area contributed by atoms with Gasteiger partial charge in [-0.05, 0) is 73.9 Å². The first-order valence-electron chi connectivity index (χ1n) is 11.1. The average Bonchev–Trinajstić information content (AvgIpc) is 3.24. The Morgan fingerprint density at radius 1 is 1.09 bits per heavy atom. The van der Waals surface area contributed by atoms with Gasteiger partial charge in [-0.3, -0.25) is 4.68 Å². The SMILES string of the molecule is CCCCn1nc(C2CCN(C(=O)O)CC2)cc1-c1ccc(Oc2ccc(Cl)cc2)cc1. The van der Waals surface area contributed by atoms with Gasteiger partial charge in [0.15, 0.2) is 0 Å². The molecule has 0 bridgehead atoms. The Bertz CT molecular complexity index is 1040. The van der Waals surface area contributed by atoms with Crippen molar-refractivity contribution in [3.63, 3.8) is 0 Å². The molecule has 1 aliphatic heterocycles. The first kappa shape index (κ1) is 22.2. The monoisotopic (exact) mass is 453 g/mol. The maximum atomic E-state index is 11.2. The van der Waals surface area contributed by atoms with Gasteiger partial charge in [0.2, 0.25) is 0 Å². The summed E-state index contributed by atoms with van der Waals surface area (Å²) in [5.41, 5.74) is 3.24. The highest BCUT2D eigenvalue weighted by atomic mass is 35.5. The van der Waals surface area contributed by atoms with Crippen LogP contribution in [0.3, 0.4) is 0 Å². The predicted octanol–water partition coefficient (Wildman–Crippen LogP) is 6.65. The van der Waals surface area contributed by atoms with Crippen LogP contribution >= 0.6 is 11.6 Å². The maximum absolute atomic E-state index is 11.2. The lowest BCUT2D eigenvalue weighted by Crippen LogP contribution is -2.36. The summed E-state index contributed by atoms with van der Waals surface area (Å²) in [6.45, 7) is 4.17. The maximum Gasteiger partial charge on any atom is 0.407 e. The Kier molecular flexibility index (Phi) is 7.00. The lowest BCUT2D eigenvalue weighted by Gasteiger charge is -2.28. The summed E-state index contributed by atoms with van der Waals surface area (Å²) in [6.07, 6.45) is 2.94. The molecular weight excluding hydrogens is 426 g/mol. The lowest BCUT2D eigenvalue weighted by atomic mass is 9.93. The van der Waals surface area contributed by atoms with Crippen LogP contribution in [0.2, 0.25) is 5.02 Å². The minimum Gasteiger partial charge on any atom is -0.465 e. The molecule has 3 aromatic rings. The molecule has 1 N–H and O–H groups in total. The van der Waals surface area contributed by atoms with E-state index in [-0.39, 0.29) is 0 Å². The second-order valence-corrected chi connectivity index (χ2v) is 8.59. The molecule has 4 rings (SSSR count). The van der Waals surface area contributed by atoms with Gasteiger partial charge in [0.05, 0.1) is 11.4 Å². The van der Waals surface area contributed by atoms with Crippen LogP contribution in [0.25, 0.3) is 11.3 Å². The summed E-state index contributed by atoms with van der Waals surface area (Å²) >= 11 is 5.94. The number of hydrogen-bond donors (Lipinski definition) is 1. The number of benzene rings is 2. The summed E-state index contributed by atoms with van der Waals surface area (Å²) < 4.78 is 8.01. The van der Waals surface area contributed by atoms with Gasteiger partial charge in [-0.1, -0.05) is 24.9 Å². The fraction of sp³-hybridized carbons (Fsp3) is 0.360. The molecule has 0 saturated carbocycles. The van der Waals surface area contributed by atoms with Gasteiger partial charge < -0.3 is 14.7 Å². The Balaban J connectivity index is 1.52. The molecule has 2 heterocycles. The van der Waals surface area contributed by atoms with Crippen molar-refractivity contribution in [1.82, 2.24) is 14.7 Å². The molecule has 168 valence electrons. The molecule has 0 aliphatic carbocycles. The van der Waals surface area contributed by atoms with Crippen LogP contribution in [-0.2, 0) is 6.54 Å². The molecular formula is C25H28ClN3O3. The number of hydrogen-bond acceptors (Lipinski definition) is 3. The van der Waals surface area contributed by atoms with E-state index in [9.17, 15) is 9.90 Å². The number of aromatic nitrogens is 2. The highest BCUT2D eigenvalue weighted by molar-refractivity contribution is 6.30. The number of ether oxygens (including phenoxy) is 1. The Morgan fingerprint density at radius 3 is 2.31 bits per heavy atom. The van der Waals surface area contributed by atoms with Crippen LogP contribution in [0.5, 0.6) is 11.5 Å². The van der Waals surface area contributed by atoms with E-state index in [0.717, 1.165) is 60.7 Å². The normalized spacial score (nSPS) is 14.5. The van der Waals surface area contributed by atoms with E-state index in [4.69, 9.17) is 21.4 Å².